The summed E-state index contributed by atoms with van der Waals surface area (Å²) < 4.78 is 9.06. The Bertz CT molecular complexity index is 1960. The van der Waals surface area contributed by atoms with Gasteiger partial charge in [-0.1, -0.05) is 76.2 Å². The number of furan rings is 1. The molecule has 4 heteroatoms. The number of pyridine rings is 1. The standard InChI is InChI=1S/C34H29N3O/c1-20(2)23-9-7-10-24(21(3)4)31(23)37-30-14-6-5-13-29(30)36-34(37)27-12-8-11-25-26-16-15-22-17-18-35-19-28(22)33(26)38-32(25)27/h5-21H,1-4H3. The molecule has 0 aliphatic rings. The molecule has 0 bridgehead atoms. The molecule has 186 valence electrons. The van der Waals surface area contributed by atoms with E-state index in [0.29, 0.717) is 11.8 Å². The van der Waals surface area contributed by atoms with E-state index in [0.717, 1.165) is 55.1 Å². The van der Waals surface area contributed by atoms with E-state index in [2.05, 4.69) is 110 Å². The van der Waals surface area contributed by atoms with Crippen LogP contribution in [0.4, 0.5) is 0 Å². The summed E-state index contributed by atoms with van der Waals surface area (Å²) in [4.78, 5) is 9.61. The summed E-state index contributed by atoms with van der Waals surface area (Å²) in [6.07, 6.45) is 3.71. The highest BCUT2D eigenvalue weighted by atomic mass is 16.3. The van der Waals surface area contributed by atoms with E-state index in [1.165, 1.54) is 16.8 Å². The number of fused-ring (bicyclic) bond motifs is 6. The Kier molecular flexibility index (Phi) is 5.12. The second-order valence-corrected chi connectivity index (χ2v) is 10.7. The van der Waals surface area contributed by atoms with Crippen molar-refractivity contribution in [2.24, 2.45) is 0 Å². The van der Waals surface area contributed by atoms with Gasteiger partial charge in [0.15, 0.2) is 0 Å². The predicted octanol–water partition coefficient (Wildman–Crippen LogP) is 9.39. The van der Waals surface area contributed by atoms with Crippen molar-refractivity contribution < 1.29 is 4.42 Å². The van der Waals surface area contributed by atoms with Crippen LogP contribution in [-0.4, -0.2) is 14.5 Å². The molecular formula is C34H29N3O. The smallest absolute Gasteiger partial charge is 0.149 e. The number of nitrogens with zero attached hydrogens (tertiary/aromatic N) is 3. The van der Waals surface area contributed by atoms with E-state index in [4.69, 9.17) is 9.40 Å². The third-order valence-electron chi connectivity index (χ3n) is 7.65. The highest BCUT2D eigenvalue weighted by Gasteiger charge is 2.24. The van der Waals surface area contributed by atoms with Gasteiger partial charge in [-0.3, -0.25) is 9.55 Å². The van der Waals surface area contributed by atoms with Crippen LogP contribution in [0.2, 0.25) is 0 Å². The third kappa shape index (κ3) is 3.30. The largest absolute Gasteiger partial charge is 0.455 e. The van der Waals surface area contributed by atoms with E-state index in [1.807, 2.05) is 18.5 Å². The summed E-state index contributed by atoms with van der Waals surface area (Å²) in [7, 11) is 0. The van der Waals surface area contributed by atoms with E-state index < -0.39 is 0 Å². The molecule has 7 rings (SSSR count). The summed E-state index contributed by atoms with van der Waals surface area (Å²) in [6, 6.07) is 27.8. The first kappa shape index (κ1) is 22.7. The molecule has 3 heterocycles. The van der Waals surface area contributed by atoms with E-state index in [9.17, 15) is 0 Å². The molecule has 0 spiro atoms. The first-order valence-electron chi connectivity index (χ1n) is 13.3. The van der Waals surface area contributed by atoms with E-state index in [1.54, 1.807) is 0 Å². The predicted molar refractivity (Wildman–Crippen MR) is 157 cm³/mol. The maximum absolute atomic E-state index is 6.70. The van der Waals surface area contributed by atoms with Crippen LogP contribution in [0.25, 0.3) is 60.8 Å². The van der Waals surface area contributed by atoms with Gasteiger partial charge < -0.3 is 4.42 Å². The van der Waals surface area contributed by atoms with Crippen LogP contribution in [0.15, 0.2) is 95.7 Å². The van der Waals surface area contributed by atoms with Gasteiger partial charge in [0.05, 0.1) is 22.3 Å². The fourth-order valence-corrected chi connectivity index (χ4v) is 5.80. The Labute approximate surface area is 221 Å². The minimum absolute atomic E-state index is 0.360. The van der Waals surface area contributed by atoms with Crippen molar-refractivity contribution in [3.05, 3.63) is 102 Å². The summed E-state index contributed by atoms with van der Waals surface area (Å²) in [5, 5.41) is 4.32. The first-order valence-corrected chi connectivity index (χ1v) is 13.3. The lowest BCUT2D eigenvalue weighted by Crippen LogP contribution is -2.08. The van der Waals surface area contributed by atoms with Gasteiger partial charge in [0, 0.05) is 28.6 Å². The Hall–Kier alpha value is -4.44. The van der Waals surface area contributed by atoms with Crippen molar-refractivity contribution in [2.75, 3.05) is 0 Å². The number of rotatable bonds is 4. The number of benzene rings is 4. The van der Waals surface area contributed by atoms with Gasteiger partial charge in [-0.05, 0) is 58.7 Å². The van der Waals surface area contributed by atoms with Gasteiger partial charge in [0.25, 0.3) is 0 Å². The fourth-order valence-electron chi connectivity index (χ4n) is 5.80. The molecule has 4 nitrogen and oxygen atoms in total. The Morgan fingerprint density at radius 1 is 0.684 bits per heavy atom. The highest BCUT2D eigenvalue weighted by Crippen LogP contribution is 2.42. The summed E-state index contributed by atoms with van der Waals surface area (Å²) in [5.74, 6) is 1.62. The highest BCUT2D eigenvalue weighted by molar-refractivity contribution is 6.17. The fraction of sp³-hybridized carbons (Fsp3) is 0.176. The summed E-state index contributed by atoms with van der Waals surface area (Å²) in [5.41, 5.74) is 8.63. The Morgan fingerprint density at radius 2 is 1.42 bits per heavy atom. The lowest BCUT2D eigenvalue weighted by atomic mass is 9.92. The molecule has 0 amide bonds. The zero-order valence-corrected chi connectivity index (χ0v) is 22.1. The quantitative estimate of drug-likeness (QED) is 0.244. The van der Waals surface area contributed by atoms with Gasteiger partial charge in [0.1, 0.15) is 17.0 Å². The number of imidazole rings is 1. The molecule has 0 radical (unpaired) electrons. The van der Waals surface area contributed by atoms with Crippen LogP contribution in [0, 0.1) is 0 Å². The molecule has 0 fully saturated rings. The van der Waals surface area contributed by atoms with Crippen molar-refractivity contribution in [3.63, 3.8) is 0 Å². The molecule has 38 heavy (non-hydrogen) atoms. The molecule has 0 aliphatic heterocycles. The molecule has 7 aromatic rings. The van der Waals surface area contributed by atoms with Crippen molar-refractivity contribution in [1.29, 1.82) is 0 Å². The van der Waals surface area contributed by atoms with Gasteiger partial charge in [-0.25, -0.2) is 4.98 Å². The average Bonchev–Trinajstić information content (AvgIpc) is 3.51. The molecule has 3 aromatic heterocycles. The maximum atomic E-state index is 6.70. The van der Waals surface area contributed by atoms with Crippen molar-refractivity contribution in [3.8, 4) is 17.1 Å². The SMILES string of the molecule is CC(C)c1cccc(C(C)C)c1-n1c(-c2cccc3c2oc2c4cnccc4ccc32)nc2ccccc21. The Balaban J connectivity index is 1.62. The molecular weight excluding hydrogens is 466 g/mol. The van der Waals surface area contributed by atoms with Gasteiger partial charge in [0.2, 0.25) is 0 Å². The van der Waals surface area contributed by atoms with Crippen molar-refractivity contribution >= 4 is 43.7 Å². The zero-order valence-electron chi connectivity index (χ0n) is 22.1. The average molecular weight is 496 g/mol. The molecule has 0 N–H and O–H groups in total. The minimum atomic E-state index is 0.360. The third-order valence-corrected chi connectivity index (χ3v) is 7.65. The molecule has 0 unspecified atom stereocenters. The maximum Gasteiger partial charge on any atom is 0.149 e. The van der Waals surface area contributed by atoms with Crippen molar-refractivity contribution in [2.45, 2.75) is 39.5 Å². The van der Waals surface area contributed by atoms with Crippen LogP contribution in [0.5, 0.6) is 0 Å². The van der Waals surface area contributed by atoms with Crippen LogP contribution in [0.1, 0.15) is 50.7 Å². The van der Waals surface area contributed by atoms with Crippen LogP contribution in [0.3, 0.4) is 0 Å². The molecule has 0 saturated heterocycles. The van der Waals surface area contributed by atoms with Crippen molar-refractivity contribution in [1.82, 2.24) is 14.5 Å². The molecule has 0 saturated carbocycles. The van der Waals surface area contributed by atoms with Crippen LogP contribution in [-0.2, 0) is 0 Å². The lowest BCUT2D eigenvalue weighted by molar-refractivity contribution is 0.673. The van der Waals surface area contributed by atoms with Gasteiger partial charge in [-0.15, -0.1) is 0 Å². The summed E-state index contributed by atoms with van der Waals surface area (Å²) in [6.45, 7) is 9.06. The minimum Gasteiger partial charge on any atom is -0.455 e. The number of aromatic nitrogens is 3. The summed E-state index contributed by atoms with van der Waals surface area (Å²) >= 11 is 0. The molecule has 0 atom stereocenters. The number of para-hydroxylation sites is 4. The topological polar surface area (TPSA) is 43.9 Å². The monoisotopic (exact) mass is 495 g/mol. The zero-order chi connectivity index (χ0) is 26.0. The second kappa shape index (κ2) is 8.56. The van der Waals surface area contributed by atoms with Gasteiger partial charge >= 0.3 is 0 Å². The van der Waals surface area contributed by atoms with Gasteiger partial charge in [-0.2, -0.15) is 0 Å². The molecule has 4 aromatic carbocycles. The van der Waals surface area contributed by atoms with Crippen LogP contribution >= 0.6 is 0 Å². The Morgan fingerprint density at radius 3 is 2.21 bits per heavy atom. The first-order chi connectivity index (χ1) is 18.5. The molecule has 0 aliphatic carbocycles. The number of hydrogen-bond donors (Lipinski definition) is 0. The van der Waals surface area contributed by atoms with Crippen LogP contribution < -0.4 is 0 Å². The van der Waals surface area contributed by atoms with E-state index >= 15 is 0 Å². The lowest BCUT2D eigenvalue weighted by Gasteiger charge is -2.22. The normalized spacial score (nSPS) is 12.2. The second-order valence-electron chi connectivity index (χ2n) is 10.7. The number of hydrogen-bond acceptors (Lipinski definition) is 3. The van der Waals surface area contributed by atoms with E-state index in [-0.39, 0.29) is 0 Å².